The number of carbonyl (C=O) groups excluding carboxylic acids is 5. The molecule has 0 radical (unpaired) electrons. The molecule has 1 amide bonds. The third kappa shape index (κ3) is 10.9. The number of hydrogen-bond donors (Lipinski definition) is 1. The summed E-state index contributed by atoms with van der Waals surface area (Å²) >= 11 is 0. The van der Waals surface area contributed by atoms with Gasteiger partial charge in [0.1, 0.15) is 25.4 Å². The first kappa shape index (κ1) is 30.7. The SMILES string of the molecule is CC(=O)NC1[C@H](OCCCCC(=O)OCc2ccccc2)OC(COC(C)=O)[C@H](OC(C)=O)[C@@H]1OC(C)=O. The molecule has 2 unspecified atom stereocenters. The van der Waals surface area contributed by atoms with E-state index in [4.69, 9.17) is 28.4 Å². The molecule has 12 nitrogen and oxygen atoms in total. The molecule has 0 spiro atoms. The van der Waals surface area contributed by atoms with Gasteiger partial charge in [0.15, 0.2) is 18.5 Å². The van der Waals surface area contributed by atoms with Crippen LogP contribution in [-0.2, 0) is 59.0 Å². The lowest BCUT2D eigenvalue weighted by molar-refractivity contribution is -0.277. The Morgan fingerprint density at radius 2 is 1.50 bits per heavy atom. The molecule has 1 N–H and O–H groups in total. The average molecular weight is 538 g/mol. The minimum Gasteiger partial charge on any atom is -0.463 e. The van der Waals surface area contributed by atoms with Crippen LogP contribution < -0.4 is 5.32 Å². The van der Waals surface area contributed by atoms with E-state index in [1.165, 1.54) is 20.8 Å². The lowest BCUT2D eigenvalue weighted by atomic mass is 9.96. The van der Waals surface area contributed by atoms with Gasteiger partial charge in [0.05, 0.1) is 0 Å². The van der Waals surface area contributed by atoms with Crippen LogP contribution in [0.2, 0.25) is 0 Å². The van der Waals surface area contributed by atoms with E-state index in [0.717, 1.165) is 12.5 Å². The van der Waals surface area contributed by atoms with Gasteiger partial charge in [-0.1, -0.05) is 30.3 Å². The minimum absolute atomic E-state index is 0.123. The van der Waals surface area contributed by atoms with Crippen molar-refractivity contribution in [3.63, 3.8) is 0 Å². The molecule has 38 heavy (non-hydrogen) atoms. The zero-order valence-corrected chi connectivity index (χ0v) is 22.0. The van der Waals surface area contributed by atoms with Crippen molar-refractivity contribution in [2.75, 3.05) is 13.2 Å². The van der Waals surface area contributed by atoms with Gasteiger partial charge in [-0.15, -0.1) is 0 Å². The molecule has 1 fully saturated rings. The predicted molar refractivity (Wildman–Crippen MR) is 130 cm³/mol. The normalized spacial score (nSPS) is 22.6. The van der Waals surface area contributed by atoms with Crippen LogP contribution in [0.15, 0.2) is 30.3 Å². The molecule has 0 bridgehead atoms. The van der Waals surface area contributed by atoms with Crippen LogP contribution >= 0.6 is 0 Å². The van der Waals surface area contributed by atoms with Crippen LogP contribution in [0.5, 0.6) is 0 Å². The third-order valence-electron chi connectivity index (χ3n) is 5.37. The molecule has 1 aromatic carbocycles. The fourth-order valence-electron chi connectivity index (χ4n) is 3.81. The van der Waals surface area contributed by atoms with Crippen LogP contribution in [0.4, 0.5) is 0 Å². The molecule has 1 saturated heterocycles. The van der Waals surface area contributed by atoms with Crippen LogP contribution in [0.1, 0.15) is 52.5 Å². The zero-order chi connectivity index (χ0) is 28.1. The summed E-state index contributed by atoms with van der Waals surface area (Å²) in [4.78, 5) is 59.0. The largest absolute Gasteiger partial charge is 0.463 e. The van der Waals surface area contributed by atoms with Gasteiger partial charge < -0.3 is 33.7 Å². The van der Waals surface area contributed by atoms with Crippen LogP contribution in [0.3, 0.4) is 0 Å². The predicted octanol–water partition coefficient (Wildman–Crippen LogP) is 1.57. The molecule has 12 heteroatoms. The Morgan fingerprint density at radius 3 is 2.11 bits per heavy atom. The van der Waals surface area contributed by atoms with Crippen LogP contribution in [0.25, 0.3) is 0 Å². The maximum absolute atomic E-state index is 12.0. The Morgan fingerprint density at radius 1 is 0.842 bits per heavy atom. The molecule has 1 aromatic rings. The van der Waals surface area contributed by atoms with Gasteiger partial charge in [-0.2, -0.15) is 0 Å². The van der Waals surface area contributed by atoms with E-state index in [-0.39, 0.29) is 32.2 Å². The fraction of sp³-hybridized carbons (Fsp3) is 0.577. The summed E-state index contributed by atoms with van der Waals surface area (Å²) in [5.74, 6) is -2.79. The first-order valence-corrected chi connectivity index (χ1v) is 12.3. The van der Waals surface area contributed by atoms with E-state index in [1.807, 2.05) is 30.3 Å². The number of ether oxygens (including phenoxy) is 6. The second kappa shape index (κ2) is 15.7. The monoisotopic (exact) mass is 537 g/mol. The first-order valence-electron chi connectivity index (χ1n) is 12.3. The van der Waals surface area contributed by atoms with Gasteiger partial charge in [0, 0.05) is 40.7 Å². The topological polar surface area (TPSA) is 153 Å². The Kier molecular flexibility index (Phi) is 12.7. The summed E-state index contributed by atoms with van der Waals surface area (Å²) in [5.41, 5.74) is 0.889. The van der Waals surface area contributed by atoms with Crippen molar-refractivity contribution in [1.82, 2.24) is 5.32 Å². The van der Waals surface area contributed by atoms with E-state index in [2.05, 4.69) is 5.32 Å². The van der Waals surface area contributed by atoms with Gasteiger partial charge in [-0.05, 0) is 18.4 Å². The van der Waals surface area contributed by atoms with Gasteiger partial charge in [0.25, 0.3) is 0 Å². The Labute approximate surface area is 221 Å². The first-order chi connectivity index (χ1) is 18.1. The molecular formula is C26H35NO11. The molecular weight excluding hydrogens is 502 g/mol. The summed E-state index contributed by atoms with van der Waals surface area (Å²) < 4.78 is 32.8. The van der Waals surface area contributed by atoms with Gasteiger partial charge in [-0.3, -0.25) is 24.0 Å². The van der Waals surface area contributed by atoms with Gasteiger partial charge in [-0.25, -0.2) is 0 Å². The highest BCUT2D eigenvalue weighted by atomic mass is 16.7. The van der Waals surface area contributed by atoms with Crippen molar-refractivity contribution in [1.29, 1.82) is 0 Å². The maximum Gasteiger partial charge on any atom is 0.306 e. The Hall–Kier alpha value is -3.51. The molecule has 5 atom stereocenters. The Balaban J connectivity index is 2.01. The molecule has 0 saturated carbocycles. The summed E-state index contributed by atoms with van der Waals surface area (Å²) in [7, 11) is 0. The number of nitrogens with one attached hydrogen (secondary N) is 1. The molecule has 1 aliphatic heterocycles. The second-order valence-electron chi connectivity index (χ2n) is 8.69. The molecule has 210 valence electrons. The number of unbranched alkanes of at least 4 members (excludes halogenated alkanes) is 1. The lowest BCUT2D eigenvalue weighted by Gasteiger charge is -2.44. The summed E-state index contributed by atoms with van der Waals surface area (Å²) in [6.07, 6.45) is -3.47. The molecule has 1 heterocycles. The number of benzene rings is 1. The van der Waals surface area contributed by atoms with Crippen molar-refractivity contribution in [2.45, 2.75) is 84.2 Å². The van der Waals surface area contributed by atoms with Crippen molar-refractivity contribution in [2.24, 2.45) is 0 Å². The fourth-order valence-corrected chi connectivity index (χ4v) is 3.81. The van der Waals surface area contributed by atoms with Crippen LogP contribution in [0, 0.1) is 0 Å². The van der Waals surface area contributed by atoms with Gasteiger partial charge >= 0.3 is 23.9 Å². The van der Waals surface area contributed by atoms with Crippen molar-refractivity contribution in [3.8, 4) is 0 Å². The van der Waals surface area contributed by atoms with E-state index in [1.54, 1.807) is 0 Å². The highest BCUT2D eigenvalue weighted by Crippen LogP contribution is 2.28. The summed E-state index contributed by atoms with van der Waals surface area (Å²) in [6, 6.07) is 8.28. The minimum atomic E-state index is -1.19. The van der Waals surface area contributed by atoms with Gasteiger partial charge in [0.2, 0.25) is 5.91 Å². The lowest BCUT2D eigenvalue weighted by Crippen LogP contribution is -2.66. The number of amides is 1. The molecule has 0 aromatic heterocycles. The molecule has 2 rings (SSSR count). The number of carbonyl (C=O) groups is 5. The smallest absolute Gasteiger partial charge is 0.306 e. The molecule has 0 aliphatic carbocycles. The van der Waals surface area contributed by atoms with Crippen LogP contribution in [-0.4, -0.2) is 73.6 Å². The number of rotatable bonds is 13. The molecule has 1 aliphatic rings. The summed E-state index contributed by atoms with van der Waals surface area (Å²) in [6.45, 7) is 4.78. The quantitative estimate of drug-likeness (QED) is 0.222. The van der Waals surface area contributed by atoms with Crippen molar-refractivity contribution >= 4 is 29.8 Å². The van der Waals surface area contributed by atoms with E-state index < -0.39 is 54.5 Å². The highest BCUT2D eigenvalue weighted by molar-refractivity contribution is 5.73. The Bertz CT molecular complexity index is 952. The maximum atomic E-state index is 12.0. The third-order valence-corrected chi connectivity index (χ3v) is 5.37. The van der Waals surface area contributed by atoms with Crippen molar-refractivity contribution in [3.05, 3.63) is 35.9 Å². The standard InChI is InChI=1S/C26H35NO11/c1-16(28)27-23-25(37-19(4)31)24(36-18(3)30)21(15-34-17(2)29)38-26(23)33-13-9-8-12-22(32)35-14-20-10-6-5-7-11-20/h5-7,10-11,21,23-26H,8-9,12-15H2,1-4H3,(H,27,28)/t21?,23?,24-,25+,26+/m0/s1. The van der Waals surface area contributed by atoms with E-state index >= 15 is 0 Å². The van der Waals surface area contributed by atoms with Crippen molar-refractivity contribution < 1.29 is 52.4 Å². The summed E-state index contributed by atoms with van der Waals surface area (Å²) in [5, 5.41) is 2.63. The van der Waals surface area contributed by atoms with E-state index in [0.29, 0.717) is 12.8 Å². The zero-order valence-electron chi connectivity index (χ0n) is 22.0. The van der Waals surface area contributed by atoms with E-state index in [9.17, 15) is 24.0 Å². The highest BCUT2D eigenvalue weighted by Gasteiger charge is 2.51. The average Bonchev–Trinajstić information content (AvgIpc) is 2.84. The number of esters is 4. The number of hydrogen-bond acceptors (Lipinski definition) is 11. The second-order valence-corrected chi connectivity index (χ2v) is 8.69.